The third-order valence-corrected chi connectivity index (χ3v) is 4.24. The van der Waals surface area contributed by atoms with E-state index in [1.54, 1.807) is 25.1 Å². The Morgan fingerprint density at radius 2 is 1.45 bits per heavy atom. The average Bonchev–Trinajstić information content (AvgIpc) is 2.49. The summed E-state index contributed by atoms with van der Waals surface area (Å²) in [6, 6.07) is 8.84. The molecule has 4 N–H and O–H groups in total. The third-order valence-electron chi connectivity index (χ3n) is 4.24. The van der Waals surface area contributed by atoms with Gasteiger partial charge in [-0.25, -0.2) is 0 Å². The smallest absolute Gasteiger partial charge is 0.124 e. The van der Waals surface area contributed by atoms with Gasteiger partial charge in [0.05, 0.1) is 13.2 Å². The van der Waals surface area contributed by atoms with Crippen molar-refractivity contribution in [3.8, 4) is 11.5 Å². The van der Waals surface area contributed by atoms with E-state index in [4.69, 9.17) is 0 Å². The molecule has 0 radical (unpaired) electrons. The Morgan fingerprint density at radius 3 is 2.05 bits per heavy atom. The van der Waals surface area contributed by atoms with E-state index in [1.165, 1.54) is 0 Å². The zero-order chi connectivity index (χ0) is 16.5. The molecule has 0 aliphatic carbocycles. The van der Waals surface area contributed by atoms with Crippen LogP contribution in [0.15, 0.2) is 30.3 Å². The number of aliphatic hydroxyl groups excluding tert-OH is 2. The molecule has 22 heavy (non-hydrogen) atoms. The third kappa shape index (κ3) is 2.80. The summed E-state index contributed by atoms with van der Waals surface area (Å²) < 4.78 is 0. The van der Waals surface area contributed by atoms with Crippen LogP contribution in [0.2, 0.25) is 0 Å². The van der Waals surface area contributed by atoms with Crippen molar-refractivity contribution in [3.05, 3.63) is 58.1 Å². The van der Waals surface area contributed by atoms with Crippen LogP contribution in [0.1, 0.15) is 41.7 Å². The predicted octanol–water partition coefficient (Wildman–Crippen LogP) is 2.72. The lowest BCUT2D eigenvalue weighted by atomic mass is 9.76. The molecule has 118 valence electrons. The Labute approximate surface area is 130 Å². The van der Waals surface area contributed by atoms with Gasteiger partial charge in [-0.05, 0) is 41.8 Å². The minimum atomic E-state index is -0.403. The van der Waals surface area contributed by atoms with Gasteiger partial charge in [0.15, 0.2) is 0 Å². The monoisotopic (exact) mass is 302 g/mol. The zero-order valence-electron chi connectivity index (χ0n) is 13.1. The summed E-state index contributed by atoms with van der Waals surface area (Å²) in [5.74, 6) is 0.184. The van der Waals surface area contributed by atoms with Gasteiger partial charge in [0.25, 0.3) is 0 Å². The minimum Gasteiger partial charge on any atom is -0.508 e. The highest BCUT2D eigenvalue weighted by molar-refractivity contribution is 5.49. The van der Waals surface area contributed by atoms with E-state index in [0.717, 1.165) is 11.1 Å². The number of hydrogen-bond acceptors (Lipinski definition) is 4. The van der Waals surface area contributed by atoms with Gasteiger partial charge in [0, 0.05) is 16.5 Å². The first-order valence-electron chi connectivity index (χ1n) is 7.18. The largest absolute Gasteiger partial charge is 0.508 e. The van der Waals surface area contributed by atoms with Crippen LogP contribution < -0.4 is 0 Å². The Hall–Kier alpha value is -2.04. The van der Waals surface area contributed by atoms with Crippen molar-refractivity contribution in [2.75, 3.05) is 0 Å². The zero-order valence-corrected chi connectivity index (χ0v) is 13.1. The van der Waals surface area contributed by atoms with E-state index >= 15 is 0 Å². The average molecular weight is 302 g/mol. The van der Waals surface area contributed by atoms with Gasteiger partial charge in [-0.3, -0.25) is 0 Å². The molecule has 0 atom stereocenters. The molecule has 0 aliphatic heterocycles. The fourth-order valence-electron chi connectivity index (χ4n) is 2.60. The maximum Gasteiger partial charge on any atom is 0.124 e. The number of aryl methyl sites for hydroxylation is 1. The Morgan fingerprint density at radius 1 is 0.864 bits per heavy atom. The second-order valence-electron chi connectivity index (χ2n) is 6.09. The van der Waals surface area contributed by atoms with Gasteiger partial charge in [-0.1, -0.05) is 26.0 Å². The molecule has 0 aliphatic rings. The van der Waals surface area contributed by atoms with E-state index < -0.39 is 5.41 Å². The lowest BCUT2D eigenvalue weighted by Crippen LogP contribution is -2.20. The molecule has 0 saturated heterocycles. The fraction of sp³-hybridized carbons (Fsp3) is 0.333. The van der Waals surface area contributed by atoms with Crippen molar-refractivity contribution in [2.24, 2.45) is 0 Å². The lowest BCUT2D eigenvalue weighted by molar-refractivity contribution is 0.275. The molecule has 0 amide bonds. The maximum absolute atomic E-state index is 9.95. The molecule has 0 aromatic heterocycles. The van der Waals surface area contributed by atoms with E-state index in [1.807, 2.05) is 26.0 Å². The Bertz CT molecular complexity index is 690. The van der Waals surface area contributed by atoms with Crippen LogP contribution in [0.5, 0.6) is 11.5 Å². The maximum atomic E-state index is 9.95. The molecular weight excluding hydrogens is 280 g/mol. The highest BCUT2D eigenvalue weighted by atomic mass is 16.3. The summed E-state index contributed by atoms with van der Waals surface area (Å²) >= 11 is 0. The molecule has 2 rings (SSSR count). The van der Waals surface area contributed by atoms with Gasteiger partial charge >= 0.3 is 0 Å². The van der Waals surface area contributed by atoms with Gasteiger partial charge in [0.2, 0.25) is 0 Å². The van der Waals surface area contributed by atoms with Crippen molar-refractivity contribution in [3.63, 3.8) is 0 Å². The summed E-state index contributed by atoms with van der Waals surface area (Å²) in [4.78, 5) is 0. The highest BCUT2D eigenvalue weighted by Crippen LogP contribution is 2.37. The summed E-state index contributed by atoms with van der Waals surface area (Å²) in [5.41, 5.74) is 3.15. The number of aromatic hydroxyl groups is 2. The van der Waals surface area contributed by atoms with E-state index in [0.29, 0.717) is 16.7 Å². The van der Waals surface area contributed by atoms with Crippen molar-refractivity contribution >= 4 is 0 Å². The van der Waals surface area contributed by atoms with Gasteiger partial charge < -0.3 is 20.4 Å². The van der Waals surface area contributed by atoms with E-state index in [-0.39, 0.29) is 24.7 Å². The minimum absolute atomic E-state index is 0.0694. The first-order chi connectivity index (χ1) is 10.3. The van der Waals surface area contributed by atoms with Crippen molar-refractivity contribution < 1.29 is 20.4 Å². The van der Waals surface area contributed by atoms with Crippen LogP contribution in [0.25, 0.3) is 0 Å². The molecule has 4 nitrogen and oxygen atoms in total. The molecule has 2 aromatic rings. The van der Waals surface area contributed by atoms with Crippen LogP contribution in [-0.2, 0) is 18.6 Å². The van der Waals surface area contributed by atoms with Crippen molar-refractivity contribution in [1.82, 2.24) is 0 Å². The molecule has 0 fully saturated rings. The molecular formula is C18H22O4. The summed E-state index contributed by atoms with van der Waals surface area (Å²) in [6.45, 7) is 5.38. The molecule has 0 spiro atoms. The molecule has 0 heterocycles. The van der Waals surface area contributed by atoms with Crippen molar-refractivity contribution in [2.45, 2.75) is 39.4 Å². The normalized spacial score (nSPS) is 11.7. The second-order valence-corrected chi connectivity index (χ2v) is 6.09. The van der Waals surface area contributed by atoms with Crippen LogP contribution in [0, 0.1) is 6.92 Å². The SMILES string of the molecule is Cc1cc(C(C)(C)c2ccc(O)c(CO)c2)cc(CO)c1O. The van der Waals surface area contributed by atoms with Gasteiger partial charge in [-0.15, -0.1) is 0 Å². The summed E-state index contributed by atoms with van der Waals surface area (Å²) in [5, 5.41) is 38.4. The summed E-state index contributed by atoms with van der Waals surface area (Å²) in [7, 11) is 0. The molecule has 0 bridgehead atoms. The second kappa shape index (κ2) is 5.99. The van der Waals surface area contributed by atoms with E-state index in [9.17, 15) is 20.4 Å². The predicted molar refractivity (Wildman–Crippen MR) is 84.9 cm³/mol. The lowest BCUT2D eigenvalue weighted by Gasteiger charge is -2.28. The standard InChI is InChI=1S/C18H22O4/c1-11-6-15(8-13(10-20)17(11)22)18(2,3)14-4-5-16(21)12(7-14)9-19/h4-8,19-22H,9-10H2,1-3H3. The number of phenols is 2. The number of aliphatic hydroxyl groups is 2. The number of benzene rings is 2. The molecule has 2 aromatic carbocycles. The van der Waals surface area contributed by atoms with Gasteiger partial charge in [-0.2, -0.15) is 0 Å². The Kier molecular flexibility index (Phi) is 4.44. The van der Waals surface area contributed by atoms with Crippen molar-refractivity contribution in [1.29, 1.82) is 0 Å². The molecule has 4 heteroatoms. The van der Waals surface area contributed by atoms with Gasteiger partial charge in [0.1, 0.15) is 11.5 Å². The van der Waals surface area contributed by atoms with Crippen LogP contribution in [-0.4, -0.2) is 20.4 Å². The number of hydrogen-bond donors (Lipinski definition) is 4. The first-order valence-corrected chi connectivity index (χ1v) is 7.18. The summed E-state index contributed by atoms with van der Waals surface area (Å²) in [6.07, 6.45) is 0. The highest BCUT2D eigenvalue weighted by Gasteiger charge is 2.25. The van der Waals surface area contributed by atoms with Crippen LogP contribution in [0.4, 0.5) is 0 Å². The molecule has 0 unspecified atom stereocenters. The fourth-order valence-corrected chi connectivity index (χ4v) is 2.60. The molecule has 0 saturated carbocycles. The number of rotatable bonds is 4. The van der Waals surface area contributed by atoms with Crippen LogP contribution in [0.3, 0.4) is 0 Å². The Balaban J connectivity index is 2.57. The van der Waals surface area contributed by atoms with E-state index in [2.05, 4.69) is 0 Å². The first kappa shape index (κ1) is 16.3. The van der Waals surface area contributed by atoms with Crippen LogP contribution >= 0.6 is 0 Å². The topological polar surface area (TPSA) is 80.9 Å². The quantitative estimate of drug-likeness (QED) is 0.700.